The van der Waals surface area contributed by atoms with Crippen LogP contribution in [0.1, 0.15) is 21.6 Å². The second-order valence-electron chi connectivity index (χ2n) is 8.49. The monoisotopic (exact) mass is 492 g/mol. The third-order valence-corrected chi connectivity index (χ3v) is 5.90. The number of carboxylic acid groups (broad SMARTS) is 1. The summed E-state index contributed by atoms with van der Waals surface area (Å²) in [4.78, 5) is 29.2. The smallest absolute Gasteiger partial charge is 0.326 e. The molecule has 0 unspecified atom stereocenters. The van der Waals surface area contributed by atoms with Gasteiger partial charge >= 0.3 is 5.97 Å². The van der Waals surface area contributed by atoms with E-state index in [1.807, 2.05) is 84.9 Å². The van der Waals surface area contributed by atoms with Gasteiger partial charge in [0.2, 0.25) is 0 Å². The molecule has 2 heterocycles. The Labute approximate surface area is 213 Å². The number of carbonyl (C=O) groups is 2. The Balaban J connectivity index is 1.32. The highest BCUT2D eigenvalue weighted by atomic mass is 16.5. The van der Waals surface area contributed by atoms with E-state index in [9.17, 15) is 14.7 Å². The Kier molecular flexibility index (Phi) is 6.89. The lowest BCUT2D eigenvalue weighted by molar-refractivity contribution is -0.139. The van der Waals surface area contributed by atoms with Crippen LogP contribution < -0.4 is 10.1 Å². The number of nitrogens with one attached hydrogen (secondary N) is 1. The van der Waals surface area contributed by atoms with E-state index in [4.69, 9.17) is 4.74 Å². The highest BCUT2D eigenvalue weighted by molar-refractivity contribution is 5.96. The van der Waals surface area contributed by atoms with Crippen molar-refractivity contribution in [3.8, 4) is 16.9 Å². The third kappa shape index (κ3) is 5.65. The maximum absolute atomic E-state index is 12.9. The fourth-order valence-electron chi connectivity index (χ4n) is 3.95. The van der Waals surface area contributed by atoms with E-state index < -0.39 is 17.9 Å². The maximum Gasteiger partial charge on any atom is 0.326 e. The molecule has 5 rings (SSSR count). The van der Waals surface area contributed by atoms with Crippen LogP contribution in [0.25, 0.3) is 16.8 Å². The molecule has 184 valence electrons. The fraction of sp³-hybridized carbons (Fsp3) is 0.103. The minimum atomic E-state index is -1.11. The number of hydrogen-bond donors (Lipinski definition) is 2. The van der Waals surface area contributed by atoms with Crippen LogP contribution in [0.15, 0.2) is 103 Å². The first-order valence-electron chi connectivity index (χ1n) is 11.8. The van der Waals surface area contributed by atoms with E-state index >= 15 is 0 Å². The summed E-state index contributed by atoms with van der Waals surface area (Å²) >= 11 is 0. The van der Waals surface area contributed by atoms with Crippen molar-refractivity contribution in [3.05, 3.63) is 120 Å². The molecule has 1 amide bonds. The standard InChI is InChI=1S/C29H24N4O4/c34-28(32-26(29(35)36)17-20-7-3-1-4-8-20)25-15-16-33-27(31-25)24(18-30-33)22-11-13-23(14-12-22)37-19-21-9-5-2-6-10-21/h1-16,18,26H,17,19H2,(H,32,34)(H,35,36)/t26-/m0/s1. The van der Waals surface area contributed by atoms with Crippen LogP contribution in [-0.2, 0) is 17.8 Å². The molecule has 2 aromatic heterocycles. The lowest BCUT2D eigenvalue weighted by Gasteiger charge is -2.14. The lowest BCUT2D eigenvalue weighted by atomic mass is 10.1. The van der Waals surface area contributed by atoms with Crippen LogP contribution in [0, 0.1) is 0 Å². The zero-order valence-corrected chi connectivity index (χ0v) is 19.8. The fourth-order valence-corrected chi connectivity index (χ4v) is 3.95. The quantitative estimate of drug-likeness (QED) is 0.316. The van der Waals surface area contributed by atoms with E-state index in [1.165, 1.54) is 6.07 Å². The summed E-state index contributed by atoms with van der Waals surface area (Å²) in [6.45, 7) is 0.471. The number of ether oxygens (including phenoxy) is 1. The molecule has 0 radical (unpaired) electrons. The summed E-state index contributed by atoms with van der Waals surface area (Å²) < 4.78 is 7.44. The number of hydrogen-bond acceptors (Lipinski definition) is 5. The average Bonchev–Trinajstić information content (AvgIpc) is 3.36. The molecule has 0 bridgehead atoms. The first-order valence-corrected chi connectivity index (χ1v) is 11.8. The van der Waals surface area contributed by atoms with Crippen LogP contribution in [0.4, 0.5) is 0 Å². The highest BCUT2D eigenvalue weighted by Crippen LogP contribution is 2.26. The molecule has 3 aromatic carbocycles. The molecule has 0 saturated carbocycles. The van der Waals surface area contributed by atoms with Gasteiger partial charge in [0.25, 0.3) is 5.91 Å². The van der Waals surface area contributed by atoms with Gasteiger partial charge in [0, 0.05) is 18.2 Å². The largest absolute Gasteiger partial charge is 0.489 e. The summed E-state index contributed by atoms with van der Waals surface area (Å²) in [6.07, 6.45) is 3.48. The summed E-state index contributed by atoms with van der Waals surface area (Å²) in [5, 5.41) is 16.5. The normalized spacial score (nSPS) is 11.7. The highest BCUT2D eigenvalue weighted by Gasteiger charge is 2.22. The van der Waals surface area contributed by atoms with Crippen molar-refractivity contribution in [2.24, 2.45) is 0 Å². The topological polar surface area (TPSA) is 106 Å². The second-order valence-corrected chi connectivity index (χ2v) is 8.49. The van der Waals surface area contributed by atoms with E-state index in [-0.39, 0.29) is 12.1 Å². The Hall–Kier alpha value is -4.98. The second kappa shape index (κ2) is 10.7. The van der Waals surface area contributed by atoms with Crippen molar-refractivity contribution in [2.45, 2.75) is 19.1 Å². The van der Waals surface area contributed by atoms with E-state index in [2.05, 4.69) is 15.4 Å². The van der Waals surface area contributed by atoms with Crippen LogP contribution in [-0.4, -0.2) is 37.6 Å². The van der Waals surface area contributed by atoms with Crippen LogP contribution in [0.3, 0.4) is 0 Å². The van der Waals surface area contributed by atoms with Gasteiger partial charge in [0.15, 0.2) is 5.65 Å². The van der Waals surface area contributed by atoms with Crippen LogP contribution in [0.2, 0.25) is 0 Å². The first kappa shape index (κ1) is 23.7. The summed E-state index contributed by atoms with van der Waals surface area (Å²) in [6, 6.07) is 27.1. The average molecular weight is 493 g/mol. The van der Waals surface area contributed by atoms with Crippen molar-refractivity contribution in [1.82, 2.24) is 19.9 Å². The molecule has 8 nitrogen and oxygen atoms in total. The molecular weight excluding hydrogens is 468 g/mol. The van der Waals surface area contributed by atoms with Gasteiger partial charge in [0.05, 0.1) is 6.20 Å². The number of aliphatic carboxylic acids is 1. The molecular formula is C29H24N4O4. The molecule has 0 spiro atoms. The Morgan fingerprint density at radius 3 is 2.24 bits per heavy atom. The molecule has 37 heavy (non-hydrogen) atoms. The van der Waals surface area contributed by atoms with Crippen LogP contribution in [0.5, 0.6) is 5.75 Å². The summed E-state index contributed by atoms with van der Waals surface area (Å²) in [5.41, 5.74) is 4.09. The molecule has 0 saturated heterocycles. The van der Waals surface area contributed by atoms with Crippen molar-refractivity contribution in [3.63, 3.8) is 0 Å². The minimum Gasteiger partial charge on any atom is -0.489 e. The molecule has 0 aliphatic heterocycles. The number of rotatable bonds is 9. The van der Waals surface area contributed by atoms with Gasteiger partial charge in [0.1, 0.15) is 24.1 Å². The maximum atomic E-state index is 12.9. The van der Waals surface area contributed by atoms with Crippen LogP contribution >= 0.6 is 0 Å². The van der Waals surface area contributed by atoms with E-state index in [0.717, 1.165) is 28.0 Å². The molecule has 1 atom stereocenters. The number of carbonyl (C=O) groups excluding carboxylic acids is 1. The molecule has 2 N–H and O–H groups in total. The predicted octanol–water partition coefficient (Wildman–Crippen LogP) is 4.40. The Morgan fingerprint density at radius 2 is 1.57 bits per heavy atom. The number of nitrogens with zero attached hydrogens (tertiary/aromatic N) is 3. The van der Waals surface area contributed by atoms with Gasteiger partial charge in [-0.1, -0.05) is 72.8 Å². The van der Waals surface area contributed by atoms with Gasteiger partial charge in [-0.05, 0) is 34.9 Å². The van der Waals surface area contributed by atoms with E-state index in [0.29, 0.717) is 12.3 Å². The Bertz CT molecular complexity index is 1520. The number of benzene rings is 3. The minimum absolute atomic E-state index is 0.108. The zero-order valence-electron chi connectivity index (χ0n) is 19.8. The lowest BCUT2D eigenvalue weighted by Crippen LogP contribution is -2.42. The first-order chi connectivity index (χ1) is 18.1. The number of fused-ring (bicyclic) bond motifs is 1. The Morgan fingerprint density at radius 1 is 0.892 bits per heavy atom. The van der Waals surface area contributed by atoms with E-state index in [1.54, 1.807) is 16.9 Å². The summed E-state index contributed by atoms with van der Waals surface area (Å²) in [5.74, 6) is -0.948. The van der Waals surface area contributed by atoms with Crippen molar-refractivity contribution < 1.29 is 19.4 Å². The zero-order chi connectivity index (χ0) is 25.6. The number of carboxylic acids is 1. The van der Waals surface area contributed by atoms with Crippen molar-refractivity contribution >= 4 is 17.5 Å². The SMILES string of the molecule is O=C(N[C@@H](Cc1ccccc1)C(=O)O)c1ccn2ncc(-c3ccc(OCc4ccccc4)cc3)c2n1. The molecule has 8 heteroatoms. The third-order valence-electron chi connectivity index (χ3n) is 5.90. The molecule has 0 aliphatic rings. The summed E-state index contributed by atoms with van der Waals surface area (Å²) in [7, 11) is 0. The molecule has 5 aromatic rings. The molecule has 0 aliphatic carbocycles. The van der Waals surface area contributed by atoms with Gasteiger partial charge in [-0.3, -0.25) is 4.79 Å². The molecule has 0 fully saturated rings. The van der Waals surface area contributed by atoms with Gasteiger partial charge in [-0.15, -0.1) is 0 Å². The van der Waals surface area contributed by atoms with Gasteiger partial charge in [-0.25, -0.2) is 14.3 Å². The van der Waals surface area contributed by atoms with Gasteiger partial charge < -0.3 is 15.2 Å². The van der Waals surface area contributed by atoms with Crippen molar-refractivity contribution in [2.75, 3.05) is 0 Å². The van der Waals surface area contributed by atoms with Gasteiger partial charge in [-0.2, -0.15) is 5.10 Å². The number of aromatic nitrogens is 3. The predicted molar refractivity (Wildman–Crippen MR) is 138 cm³/mol. The van der Waals surface area contributed by atoms with Crippen molar-refractivity contribution in [1.29, 1.82) is 0 Å². The number of amides is 1.